The molecule has 2 N–H and O–H groups in total. The summed E-state index contributed by atoms with van der Waals surface area (Å²) in [4.78, 5) is 21.4. The zero-order valence-corrected chi connectivity index (χ0v) is 18.4. The van der Waals surface area contributed by atoms with Gasteiger partial charge in [-0.25, -0.2) is 9.97 Å². The molecule has 1 unspecified atom stereocenters. The Morgan fingerprint density at radius 3 is 2.38 bits per heavy atom. The van der Waals surface area contributed by atoms with Gasteiger partial charge in [0.1, 0.15) is 29.3 Å². The highest BCUT2D eigenvalue weighted by atomic mass is 32.2. The Hall–Kier alpha value is -3.83. The fraction of sp³-hybridized carbons (Fsp3) is 0.0870. The maximum atomic E-state index is 12.6. The van der Waals surface area contributed by atoms with Gasteiger partial charge in [-0.2, -0.15) is 4.72 Å². The zero-order valence-electron chi connectivity index (χ0n) is 17.6. The number of carbonyl (C=O) groups excluding carboxylic acids is 1. The molecule has 1 aromatic heterocycles. The average molecular weight is 486 g/mol. The molecule has 0 saturated heterocycles. The van der Waals surface area contributed by atoms with E-state index in [1.807, 2.05) is 6.92 Å². The summed E-state index contributed by atoms with van der Waals surface area (Å²) < 4.78 is 55.7. The number of fused-ring (bicyclic) bond motifs is 1. The Morgan fingerprint density at radius 2 is 1.71 bits per heavy atom. The second kappa shape index (κ2) is 9.57. The summed E-state index contributed by atoms with van der Waals surface area (Å²) in [5.74, 6) is -0.483. The van der Waals surface area contributed by atoms with Gasteiger partial charge in [0.15, 0.2) is 4.90 Å². The van der Waals surface area contributed by atoms with Crippen LogP contribution in [0.2, 0.25) is 0 Å². The van der Waals surface area contributed by atoms with Crippen LogP contribution in [-0.4, -0.2) is 26.8 Å². The van der Waals surface area contributed by atoms with Gasteiger partial charge in [-0.05, 0) is 61.5 Å². The molecule has 1 heterocycles. The third kappa shape index (κ3) is 5.74. The predicted octanol–water partition coefficient (Wildman–Crippen LogP) is 5.03. The summed E-state index contributed by atoms with van der Waals surface area (Å²) >= 11 is -1.72. The molecule has 0 bridgehead atoms. The van der Waals surface area contributed by atoms with Crippen molar-refractivity contribution in [2.24, 2.45) is 0 Å². The van der Waals surface area contributed by atoms with E-state index in [0.717, 1.165) is 5.56 Å². The van der Waals surface area contributed by atoms with Gasteiger partial charge in [0.25, 0.3) is 5.91 Å². The van der Waals surface area contributed by atoms with Crippen LogP contribution in [0, 0.1) is 6.92 Å². The highest BCUT2D eigenvalue weighted by Gasteiger charge is 2.31. The van der Waals surface area contributed by atoms with E-state index in [9.17, 15) is 22.5 Å². The van der Waals surface area contributed by atoms with Crippen molar-refractivity contribution in [2.75, 3.05) is 5.32 Å². The van der Waals surface area contributed by atoms with Crippen molar-refractivity contribution in [1.82, 2.24) is 14.7 Å². The number of carbonyl (C=O) groups is 1. The second-order valence-electron chi connectivity index (χ2n) is 7.16. The van der Waals surface area contributed by atoms with Gasteiger partial charge in [-0.3, -0.25) is 4.79 Å². The van der Waals surface area contributed by atoms with Crippen LogP contribution in [0.4, 0.5) is 24.7 Å². The van der Waals surface area contributed by atoms with E-state index < -0.39 is 23.6 Å². The van der Waals surface area contributed by atoms with Crippen LogP contribution in [-0.2, 0) is 11.4 Å². The molecule has 174 valence electrons. The lowest BCUT2D eigenvalue weighted by Crippen LogP contribution is -2.30. The molecule has 7 nitrogen and oxygen atoms in total. The number of nitrogens with one attached hydrogen (secondary N) is 2. The number of rotatable bonds is 6. The fourth-order valence-electron chi connectivity index (χ4n) is 3.04. The largest absolute Gasteiger partial charge is 0.588 e. The van der Waals surface area contributed by atoms with E-state index in [-0.39, 0.29) is 11.3 Å². The number of aromatic nitrogens is 2. The number of halogens is 3. The molecule has 34 heavy (non-hydrogen) atoms. The number of amides is 1. The van der Waals surface area contributed by atoms with Crippen molar-refractivity contribution in [3.8, 4) is 5.75 Å². The molecule has 1 amide bonds. The first-order valence-electron chi connectivity index (χ1n) is 9.85. The van der Waals surface area contributed by atoms with E-state index in [0.29, 0.717) is 27.3 Å². The Morgan fingerprint density at radius 1 is 1.00 bits per heavy atom. The van der Waals surface area contributed by atoms with E-state index in [1.54, 1.807) is 36.4 Å². The van der Waals surface area contributed by atoms with Crippen LogP contribution < -0.4 is 14.8 Å². The minimum absolute atomic E-state index is 0.256. The Bertz CT molecular complexity index is 1320. The van der Waals surface area contributed by atoms with Gasteiger partial charge in [-0.1, -0.05) is 17.7 Å². The van der Waals surface area contributed by atoms with Crippen LogP contribution in [0.1, 0.15) is 15.9 Å². The summed E-state index contributed by atoms with van der Waals surface area (Å²) in [5.41, 5.74) is 2.19. The summed E-state index contributed by atoms with van der Waals surface area (Å²) in [6.07, 6.45) is -3.48. The van der Waals surface area contributed by atoms with Crippen LogP contribution in [0.15, 0.2) is 78.0 Å². The minimum atomic E-state index is -4.77. The van der Waals surface area contributed by atoms with E-state index in [2.05, 4.69) is 24.7 Å². The normalized spacial score (nSPS) is 12.3. The number of anilines is 2. The number of ether oxygens (including phenoxy) is 1. The van der Waals surface area contributed by atoms with Crippen LogP contribution in [0.25, 0.3) is 10.9 Å². The zero-order chi connectivity index (χ0) is 24.3. The molecule has 1 atom stereocenters. The van der Waals surface area contributed by atoms with Crippen molar-refractivity contribution in [3.05, 3.63) is 84.2 Å². The van der Waals surface area contributed by atoms with Gasteiger partial charge in [0.05, 0.1) is 5.52 Å². The highest BCUT2D eigenvalue weighted by molar-refractivity contribution is 7.90. The predicted molar refractivity (Wildman–Crippen MR) is 121 cm³/mol. The van der Waals surface area contributed by atoms with E-state index in [4.69, 9.17) is 0 Å². The van der Waals surface area contributed by atoms with Crippen molar-refractivity contribution < 1.29 is 27.3 Å². The van der Waals surface area contributed by atoms with Gasteiger partial charge in [0.2, 0.25) is 0 Å². The Kier molecular flexibility index (Phi) is 6.57. The quantitative estimate of drug-likeness (QED) is 0.371. The lowest BCUT2D eigenvalue weighted by molar-refractivity contribution is -0.274. The van der Waals surface area contributed by atoms with Crippen molar-refractivity contribution in [2.45, 2.75) is 18.2 Å². The first-order valence-corrected chi connectivity index (χ1v) is 11.0. The van der Waals surface area contributed by atoms with Crippen molar-refractivity contribution >= 4 is 39.7 Å². The highest BCUT2D eigenvalue weighted by Crippen LogP contribution is 2.27. The Balaban J connectivity index is 1.50. The minimum Gasteiger partial charge on any atom is -0.588 e. The molecule has 0 aliphatic rings. The molecule has 0 radical (unpaired) electrons. The first kappa shape index (κ1) is 23.3. The standard InChI is InChI=1S/C23H17F3N4O3S/c1-14-2-9-18(10-3-14)34(32)30-22(31)15-4-11-19-20(12-15)27-13-28-21(19)29-16-5-7-17(8-6-16)33-23(24,25)26/h2-13H,1H3,(H,30,31)(H,27,28,29). The number of benzene rings is 3. The monoisotopic (exact) mass is 486 g/mol. The number of aryl methyl sites for hydroxylation is 1. The molecular weight excluding hydrogens is 469 g/mol. The lowest BCUT2D eigenvalue weighted by atomic mass is 10.1. The molecule has 0 aliphatic carbocycles. The van der Waals surface area contributed by atoms with E-state index >= 15 is 0 Å². The van der Waals surface area contributed by atoms with Gasteiger partial charge in [-0.15, -0.1) is 13.2 Å². The van der Waals surface area contributed by atoms with Crippen LogP contribution in [0.5, 0.6) is 5.75 Å². The number of nitrogens with zero attached hydrogens (tertiary/aromatic N) is 2. The molecule has 0 spiro atoms. The maximum Gasteiger partial charge on any atom is 0.573 e. The lowest BCUT2D eigenvalue weighted by Gasteiger charge is -2.12. The summed E-state index contributed by atoms with van der Waals surface area (Å²) in [5, 5.41) is 3.58. The molecule has 0 aliphatic heterocycles. The SMILES string of the molecule is Cc1ccc([S+]([O-])NC(=O)c2ccc3c(Nc4ccc(OC(F)(F)F)cc4)ncnc3c2)cc1. The number of alkyl halides is 3. The molecule has 4 rings (SSSR count). The second-order valence-corrected chi connectivity index (χ2v) is 8.38. The molecule has 11 heteroatoms. The molecule has 0 saturated carbocycles. The van der Waals surface area contributed by atoms with Crippen molar-refractivity contribution in [3.63, 3.8) is 0 Å². The Labute approximate surface area is 195 Å². The third-order valence-corrected chi connectivity index (χ3v) is 5.74. The van der Waals surface area contributed by atoms with Gasteiger partial charge < -0.3 is 14.6 Å². The third-order valence-electron chi connectivity index (χ3n) is 4.67. The fourth-order valence-corrected chi connectivity index (χ4v) is 3.83. The molecule has 0 fully saturated rings. The van der Waals surface area contributed by atoms with Crippen LogP contribution >= 0.6 is 0 Å². The smallest absolute Gasteiger partial charge is 0.573 e. The summed E-state index contributed by atoms with van der Waals surface area (Å²) in [7, 11) is 0. The number of hydrogen-bond donors (Lipinski definition) is 2. The maximum absolute atomic E-state index is 12.6. The topological polar surface area (TPSA) is 99.2 Å². The van der Waals surface area contributed by atoms with Crippen molar-refractivity contribution in [1.29, 1.82) is 0 Å². The van der Waals surface area contributed by atoms with Gasteiger partial charge in [0, 0.05) is 16.6 Å². The molecule has 4 aromatic rings. The van der Waals surface area contributed by atoms with Gasteiger partial charge >= 0.3 is 6.36 Å². The summed E-state index contributed by atoms with van der Waals surface area (Å²) in [6.45, 7) is 1.91. The number of hydrogen-bond acceptors (Lipinski definition) is 6. The van der Waals surface area contributed by atoms with Crippen LogP contribution in [0.3, 0.4) is 0 Å². The molecular formula is C23H17F3N4O3S. The first-order chi connectivity index (χ1) is 16.2. The summed E-state index contributed by atoms with van der Waals surface area (Å²) in [6, 6.07) is 16.8. The van der Waals surface area contributed by atoms with E-state index in [1.165, 1.54) is 36.7 Å². The molecule has 3 aromatic carbocycles. The average Bonchev–Trinajstić information content (AvgIpc) is 2.79.